The molecule has 0 aromatic heterocycles. The lowest BCUT2D eigenvalue weighted by Gasteiger charge is -2.37. The molecule has 1 atom stereocenters. The molecule has 1 aromatic rings. The Hall–Kier alpha value is -2.08. The van der Waals surface area contributed by atoms with Crippen molar-refractivity contribution in [3.63, 3.8) is 0 Å². The summed E-state index contributed by atoms with van der Waals surface area (Å²) in [6, 6.07) is 7.11. The van der Waals surface area contributed by atoms with Crippen LogP contribution in [-0.2, 0) is 9.59 Å². The van der Waals surface area contributed by atoms with Crippen molar-refractivity contribution in [2.45, 2.75) is 26.3 Å². The van der Waals surface area contributed by atoms with Gasteiger partial charge in [-0.05, 0) is 25.5 Å². The molecular formula is C17H24N2O4. The first-order valence-electron chi connectivity index (χ1n) is 7.95. The second kappa shape index (κ2) is 7.97. The molecule has 0 aliphatic carbocycles. The van der Waals surface area contributed by atoms with E-state index >= 15 is 0 Å². The Morgan fingerprint density at radius 1 is 1.17 bits per heavy atom. The van der Waals surface area contributed by atoms with Gasteiger partial charge < -0.3 is 14.7 Å². The summed E-state index contributed by atoms with van der Waals surface area (Å²) in [7, 11) is 0. The minimum atomic E-state index is -0.796. The number of nitrogens with zero attached hydrogens (tertiary/aromatic N) is 2. The average molecular weight is 320 g/mol. The van der Waals surface area contributed by atoms with E-state index in [9.17, 15) is 14.7 Å². The van der Waals surface area contributed by atoms with E-state index in [2.05, 4.69) is 0 Å². The molecule has 1 saturated heterocycles. The van der Waals surface area contributed by atoms with Crippen LogP contribution in [0.4, 0.5) is 0 Å². The van der Waals surface area contributed by atoms with Crippen LogP contribution in [-0.4, -0.2) is 65.6 Å². The number of ether oxygens (including phenoxy) is 1. The second-order valence-electron chi connectivity index (χ2n) is 5.78. The number of aryl methyl sites for hydroxylation is 1. The number of amides is 1. The highest BCUT2D eigenvalue weighted by molar-refractivity contribution is 5.78. The Bertz CT molecular complexity index is 536. The molecule has 126 valence electrons. The summed E-state index contributed by atoms with van der Waals surface area (Å²) < 4.78 is 5.51. The molecule has 1 fully saturated rings. The van der Waals surface area contributed by atoms with Gasteiger partial charge in [0.15, 0.2) is 6.61 Å². The largest absolute Gasteiger partial charge is 0.484 e. The molecule has 6 heteroatoms. The lowest BCUT2D eigenvalue weighted by Crippen LogP contribution is -2.54. The molecule has 0 bridgehead atoms. The molecule has 0 radical (unpaired) electrons. The number of hydrogen-bond donors (Lipinski definition) is 1. The quantitative estimate of drug-likeness (QED) is 0.857. The van der Waals surface area contributed by atoms with Gasteiger partial charge in [0.1, 0.15) is 11.8 Å². The van der Waals surface area contributed by atoms with Crippen LogP contribution < -0.4 is 4.74 Å². The third-order valence-corrected chi connectivity index (χ3v) is 4.16. The number of benzene rings is 1. The number of carbonyl (C=O) groups is 2. The summed E-state index contributed by atoms with van der Waals surface area (Å²) in [5.74, 6) is -0.178. The van der Waals surface area contributed by atoms with Crippen molar-refractivity contribution in [1.82, 2.24) is 9.80 Å². The maximum absolute atomic E-state index is 12.2. The first-order chi connectivity index (χ1) is 11.0. The van der Waals surface area contributed by atoms with Crippen molar-refractivity contribution in [3.8, 4) is 5.75 Å². The summed E-state index contributed by atoms with van der Waals surface area (Å²) in [5, 5.41) is 9.19. The smallest absolute Gasteiger partial charge is 0.320 e. The van der Waals surface area contributed by atoms with Crippen LogP contribution in [0, 0.1) is 6.92 Å². The molecule has 1 N–H and O–H groups in total. The number of carbonyl (C=O) groups excluding carboxylic acids is 1. The van der Waals surface area contributed by atoms with E-state index in [0.717, 1.165) is 5.56 Å². The Balaban J connectivity index is 1.79. The fraction of sp³-hybridized carbons (Fsp3) is 0.529. The molecule has 1 unspecified atom stereocenters. The summed E-state index contributed by atoms with van der Waals surface area (Å²) in [5.41, 5.74) is 1.14. The van der Waals surface area contributed by atoms with Crippen LogP contribution in [0.15, 0.2) is 24.3 Å². The highest BCUT2D eigenvalue weighted by Crippen LogP contribution is 2.13. The highest BCUT2D eigenvalue weighted by atomic mass is 16.5. The number of piperazine rings is 1. The maximum atomic E-state index is 12.2. The molecule has 1 amide bonds. The van der Waals surface area contributed by atoms with E-state index in [0.29, 0.717) is 38.3 Å². The first kappa shape index (κ1) is 17.3. The van der Waals surface area contributed by atoms with Gasteiger partial charge in [-0.25, -0.2) is 0 Å². The molecule has 0 spiro atoms. The molecule has 23 heavy (non-hydrogen) atoms. The van der Waals surface area contributed by atoms with Crippen LogP contribution in [0.3, 0.4) is 0 Å². The standard InChI is InChI=1S/C17H24N2O4/c1-3-15(17(21)22)18-8-10-19(11-9-18)16(20)12-23-14-6-4-13(2)5-7-14/h4-7,15H,3,8-12H2,1-2H3,(H,21,22). The minimum absolute atomic E-state index is 0.0131. The van der Waals surface area contributed by atoms with Gasteiger partial charge in [0.05, 0.1) is 0 Å². The van der Waals surface area contributed by atoms with Gasteiger partial charge >= 0.3 is 5.97 Å². The third-order valence-electron chi connectivity index (χ3n) is 4.16. The molecule has 1 aliphatic rings. The first-order valence-corrected chi connectivity index (χ1v) is 7.95. The predicted octanol–water partition coefficient (Wildman–Crippen LogP) is 1.38. The Morgan fingerprint density at radius 3 is 2.30 bits per heavy atom. The van der Waals surface area contributed by atoms with Crippen LogP contribution >= 0.6 is 0 Å². The number of aliphatic carboxylic acids is 1. The number of carboxylic acids is 1. The summed E-state index contributed by atoms with van der Waals surface area (Å²) in [6.07, 6.45) is 0.569. The lowest BCUT2D eigenvalue weighted by molar-refractivity contribution is -0.145. The molecule has 6 nitrogen and oxygen atoms in total. The Labute approximate surface area is 136 Å². The van der Waals surface area contributed by atoms with E-state index in [1.54, 1.807) is 4.90 Å². The number of rotatable bonds is 6. The number of hydrogen-bond acceptors (Lipinski definition) is 4. The van der Waals surface area contributed by atoms with Gasteiger partial charge in [-0.1, -0.05) is 24.6 Å². The van der Waals surface area contributed by atoms with Crippen LogP contribution in [0.2, 0.25) is 0 Å². The zero-order chi connectivity index (χ0) is 16.8. The van der Waals surface area contributed by atoms with E-state index in [4.69, 9.17) is 4.74 Å². The molecular weight excluding hydrogens is 296 g/mol. The monoisotopic (exact) mass is 320 g/mol. The van der Waals surface area contributed by atoms with E-state index in [-0.39, 0.29) is 12.5 Å². The van der Waals surface area contributed by atoms with Crippen LogP contribution in [0.5, 0.6) is 5.75 Å². The average Bonchev–Trinajstić information content (AvgIpc) is 2.55. The van der Waals surface area contributed by atoms with Gasteiger partial charge in [-0.2, -0.15) is 0 Å². The number of carboxylic acid groups (broad SMARTS) is 1. The maximum Gasteiger partial charge on any atom is 0.320 e. The van der Waals surface area contributed by atoms with Crippen molar-refractivity contribution in [3.05, 3.63) is 29.8 Å². The summed E-state index contributed by atoms with van der Waals surface area (Å²) in [6.45, 7) is 6.13. The molecule has 1 aromatic carbocycles. The molecule has 2 rings (SSSR count). The SMILES string of the molecule is CCC(C(=O)O)N1CCN(C(=O)COc2ccc(C)cc2)CC1. The predicted molar refractivity (Wildman–Crippen MR) is 86.5 cm³/mol. The Kier molecular flexibility index (Phi) is 5.98. The topological polar surface area (TPSA) is 70.1 Å². The zero-order valence-corrected chi connectivity index (χ0v) is 13.7. The second-order valence-corrected chi connectivity index (χ2v) is 5.78. The summed E-state index contributed by atoms with van der Waals surface area (Å²) >= 11 is 0. The van der Waals surface area contributed by atoms with Gasteiger partial charge in [0, 0.05) is 26.2 Å². The minimum Gasteiger partial charge on any atom is -0.484 e. The van der Waals surface area contributed by atoms with Gasteiger partial charge in [-0.3, -0.25) is 14.5 Å². The van der Waals surface area contributed by atoms with Crippen molar-refractivity contribution >= 4 is 11.9 Å². The zero-order valence-electron chi connectivity index (χ0n) is 13.7. The molecule has 1 aliphatic heterocycles. The molecule has 1 heterocycles. The fourth-order valence-corrected chi connectivity index (χ4v) is 2.74. The fourth-order valence-electron chi connectivity index (χ4n) is 2.74. The van der Waals surface area contributed by atoms with Crippen molar-refractivity contribution in [2.75, 3.05) is 32.8 Å². The van der Waals surface area contributed by atoms with Crippen molar-refractivity contribution < 1.29 is 19.4 Å². The van der Waals surface area contributed by atoms with Crippen molar-refractivity contribution in [1.29, 1.82) is 0 Å². The highest BCUT2D eigenvalue weighted by Gasteiger charge is 2.28. The third kappa shape index (κ3) is 4.69. The van der Waals surface area contributed by atoms with Crippen molar-refractivity contribution in [2.24, 2.45) is 0 Å². The lowest BCUT2D eigenvalue weighted by atomic mass is 10.1. The summed E-state index contributed by atoms with van der Waals surface area (Å²) in [4.78, 5) is 27.0. The molecule has 0 saturated carbocycles. The van der Waals surface area contributed by atoms with E-state index in [1.807, 2.05) is 43.0 Å². The van der Waals surface area contributed by atoms with E-state index < -0.39 is 12.0 Å². The normalized spacial score (nSPS) is 16.9. The van der Waals surface area contributed by atoms with Crippen LogP contribution in [0.1, 0.15) is 18.9 Å². The van der Waals surface area contributed by atoms with Gasteiger partial charge in [0.2, 0.25) is 0 Å². The van der Waals surface area contributed by atoms with Crippen LogP contribution in [0.25, 0.3) is 0 Å². The van der Waals surface area contributed by atoms with Gasteiger partial charge in [0.25, 0.3) is 5.91 Å². The van der Waals surface area contributed by atoms with Gasteiger partial charge in [-0.15, -0.1) is 0 Å². The van der Waals surface area contributed by atoms with E-state index in [1.165, 1.54) is 0 Å². The Morgan fingerprint density at radius 2 is 1.78 bits per heavy atom.